The second-order valence-corrected chi connectivity index (χ2v) is 7.34. The highest BCUT2D eigenvalue weighted by Gasteiger charge is 2.21. The van der Waals surface area contributed by atoms with Crippen LogP contribution < -0.4 is 15.5 Å². The van der Waals surface area contributed by atoms with Gasteiger partial charge in [-0.05, 0) is 31.9 Å². The Labute approximate surface area is 196 Å². The highest BCUT2D eigenvalue weighted by Crippen LogP contribution is 2.15. The smallest absolute Gasteiger partial charge is 0.244 e. The molecule has 3 rings (SSSR count). The molecule has 8 nitrogen and oxygen atoms in total. The molecule has 166 valence electrons. The number of benzene rings is 1. The maximum Gasteiger partial charge on any atom is 0.244 e. The van der Waals surface area contributed by atoms with Gasteiger partial charge in [0, 0.05) is 51.5 Å². The van der Waals surface area contributed by atoms with Gasteiger partial charge in [-0.1, -0.05) is 18.2 Å². The summed E-state index contributed by atoms with van der Waals surface area (Å²) in [5.41, 5.74) is 1.19. The van der Waals surface area contributed by atoms with E-state index in [2.05, 4.69) is 32.7 Å². The second-order valence-electron chi connectivity index (χ2n) is 7.34. The summed E-state index contributed by atoms with van der Waals surface area (Å²) in [6.45, 7) is 7.63. The molecule has 0 unspecified atom stereocenters. The van der Waals surface area contributed by atoms with E-state index in [0.717, 1.165) is 39.0 Å². The van der Waals surface area contributed by atoms with Crippen LogP contribution in [0.25, 0.3) is 0 Å². The van der Waals surface area contributed by atoms with Crippen molar-refractivity contribution in [2.45, 2.75) is 19.8 Å². The van der Waals surface area contributed by atoms with Crippen molar-refractivity contribution in [2.24, 2.45) is 4.99 Å². The molecule has 2 N–H and O–H groups in total. The van der Waals surface area contributed by atoms with Crippen LogP contribution in [0.5, 0.6) is 0 Å². The average molecular weight is 528 g/mol. The molecule has 0 radical (unpaired) electrons. The Morgan fingerprint density at radius 3 is 2.17 bits per heavy atom. The van der Waals surface area contributed by atoms with E-state index < -0.39 is 0 Å². The summed E-state index contributed by atoms with van der Waals surface area (Å²) in [6.07, 6.45) is 2.15. The summed E-state index contributed by atoms with van der Waals surface area (Å²) in [5, 5.41) is 6.16. The van der Waals surface area contributed by atoms with Gasteiger partial charge in [-0.3, -0.25) is 9.59 Å². The van der Waals surface area contributed by atoms with Crippen molar-refractivity contribution in [3.63, 3.8) is 0 Å². The normalized spacial score (nSPS) is 16.8. The van der Waals surface area contributed by atoms with Crippen LogP contribution in [0.15, 0.2) is 35.3 Å². The minimum atomic E-state index is 0. The molecule has 2 aliphatic rings. The van der Waals surface area contributed by atoms with E-state index in [9.17, 15) is 9.59 Å². The van der Waals surface area contributed by atoms with Crippen LogP contribution in [-0.4, -0.2) is 86.5 Å². The number of anilines is 1. The predicted molar refractivity (Wildman–Crippen MR) is 130 cm³/mol. The van der Waals surface area contributed by atoms with E-state index in [1.54, 1.807) is 0 Å². The number of halogens is 1. The topological polar surface area (TPSA) is 80.3 Å². The lowest BCUT2D eigenvalue weighted by Gasteiger charge is -2.36. The van der Waals surface area contributed by atoms with Crippen LogP contribution in [0, 0.1) is 0 Å². The molecule has 30 heavy (non-hydrogen) atoms. The van der Waals surface area contributed by atoms with Crippen molar-refractivity contribution >= 4 is 47.4 Å². The Bertz CT molecular complexity index is 701. The number of carbonyl (C=O) groups is 2. The van der Waals surface area contributed by atoms with E-state index in [1.807, 2.05) is 34.9 Å². The molecule has 1 aromatic carbocycles. The number of guanidine groups is 1. The fourth-order valence-corrected chi connectivity index (χ4v) is 3.68. The number of rotatable bonds is 6. The number of hydrogen-bond donors (Lipinski definition) is 2. The first-order valence-corrected chi connectivity index (χ1v) is 10.5. The van der Waals surface area contributed by atoms with E-state index in [1.165, 1.54) is 5.69 Å². The molecule has 0 spiro atoms. The molecule has 9 heteroatoms. The lowest BCUT2D eigenvalue weighted by molar-refractivity contribution is -0.130. The molecule has 2 fully saturated rings. The van der Waals surface area contributed by atoms with Gasteiger partial charge >= 0.3 is 0 Å². The third-order valence-electron chi connectivity index (χ3n) is 5.34. The fourth-order valence-electron chi connectivity index (χ4n) is 3.68. The zero-order valence-corrected chi connectivity index (χ0v) is 20.0. The molecule has 2 aliphatic heterocycles. The fraction of sp³-hybridized carbons (Fsp3) is 0.571. The average Bonchev–Trinajstić information content (AvgIpc) is 3.31. The number of piperazine rings is 1. The van der Waals surface area contributed by atoms with Gasteiger partial charge in [0.25, 0.3) is 0 Å². The van der Waals surface area contributed by atoms with Gasteiger partial charge in [0.1, 0.15) is 6.54 Å². The summed E-state index contributed by atoms with van der Waals surface area (Å²) in [7, 11) is 0. The van der Waals surface area contributed by atoms with Gasteiger partial charge in [-0.2, -0.15) is 0 Å². The molecule has 2 heterocycles. The van der Waals surface area contributed by atoms with Crippen LogP contribution in [0.3, 0.4) is 0 Å². The van der Waals surface area contributed by atoms with Crippen LogP contribution in [0.4, 0.5) is 5.69 Å². The number of likely N-dealkylation sites (tertiary alicyclic amines) is 1. The number of amides is 2. The van der Waals surface area contributed by atoms with E-state index in [4.69, 9.17) is 0 Å². The largest absolute Gasteiger partial charge is 0.368 e. The SMILES string of the molecule is CCNC(=NCC(=O)N1CCN(c2ccccc2)CC1)NCC(=O)N1CCCC1.I. The molecular formula is C21H33IN6O2. The Hall–Kier alpha value is -2.04. The van der Waals surface area contributed by atoms with Gasteiger partial charge in [0.15, 0.2) is 5.96 Å². The van der Waals surface area contributed by atoms with Crippen molar-refractivity contribution in [3.8, 4) is 0 Å². The number of aliphatic imine (C=N–C) groups is 1. The highest BCUT2D eigenvalue weighted by atomic mass is 127. The summed E-state index contributed by atoms with van der Waals surface area (Å²) < 4.78 is 0. The zero-order chi connectivity index (χ0) is 20.5. The minimum absolute atomic E-state index is 0. The molecular weight excluding hydrogens is 495 g/mol. The Morgan fingerprint density at radius 1 is 0.900 bits per heavy atom. The number of nitrogens with one attached hydrogen (secondary N) is 2. The molecule has 0 aliphatic carbocycles. The molecule has 0 bridgehead atoms. The highest BCUT2D eigenvalue weighted by molar-refractivity contribution is 14.0. The molecule has 2 amide bonds. The number of nitrogens with zero attached hydrogens (tertiary/aromatic N) is 4. The number of para-hydroxylation sites is 1. The van der Waals surface area contributed by atoms with Gasteiger partial charge in [0.2, 0.25) is 11.8 Å². The third kappa shape index (κ3) is 7.03. The van der Waals surface area contributed by atoms with Gasteiger partial charge in [-0.25, -0.2) is 4.99 Å². The summed E-state index contributed by atoms with van der Waals surface area (Å²) >= 11 is 0. The Kier molecular flexibility index (Phi) is 10.2. The van der Waals surface area contributed by atoms with Crippen molar-refractivity contribution in [3.05, 3.63) is 30.3 Å². The Morgan fingerprint density at radius 2 is 1.53 bits per heavy atom. The quantitative estimate of drug-likeness (QED) is 0.329. The maximum absolute atomic E-state index is 12.6. The van der Waals surface area contributed by atoms with E-state index >= 15 is 0 Å². The van der Waals surface area contributed by atoms with Crippen molar-refractivity contribution in [1.29, 1.82) is 0 Å². The van der Waals surface area contributed by atoms with Gasteiger partial charge < -0.3 is 25.3 Å². The first kappa shape index (κ1) is 24.2. The van der Waals surface area contributed by atoms with Crippen LogP contribution in [0.2, 0.25) is 0 Å². The van der Waals surface area contributed by atoms with Gasteiger partial charge in [0.05, 0.1) is 6.54 Å². The van der Waals surface area contributed by atoms with E-state index in [0.29, 0.717) is 25.6 Å². The second kappa shape index (κ2) is 12.6. The summed E-state index contributed by atoms with van der Waals surface area (Å²) in [6, 6.07) is 10.3. The first-order valence-electron chi connectivity index (χ1n) is 10.5. The minimum Gasteiger partial charge on any atom is -0.368 e. The number of carbonyl (C=O) groups excluding carboxylic acids is 2. The summed E-state index contributed by atoms with van der Waals surface area (Å²) in [5.74, 6) is 0.605. The standard InChI is InChI=1S/C21H32N6O2.HI/c1-2-22-21(23-16-19(28)26-10-6-7-11-26)24-17-20(29)27-14-12-25(13-15-27)18-8-4-3-5-9-18;/h3-5,8-9H,2,6-7,10-17H2,1H3,(H2,22,23,24);1H. The zero-order valence-electron chi connectivity index (χ0n) is 17.7. The first-order chi connectivity index (χ1) is 14.2. The number of hydrogen-bond acceptors (Lipinski definition) is 4. The molecule has 2 saturated heterocycles. The van der Waals surface area contributed by atoms with Crippen molar-refractivity contribution in [2.75, 3.05) is 63.8 Å². The van der Waals surface area contributed by atoms with Crippen LogP contribution >= 0.6 is 24.0 Å². The van der Waals surface area contributed by atoms with Crippen molar-refractivity contribution in [1.82, 2.24) is 20.4 Å². The lowest BCUT2D eigenvalue weighted by Crippen LogP contribution is -2.50. The third-order valence-corrected chi connectivity index (χ3v) is 5.34. The predicted octanol–water partition coefficient (Wildman–Crippen LogP) is 1.13. The van der Waals surface area contributed by atoms with Crippen LogP contribution in [-0.2, 0) is 9.59 Å². The van der Waals surface area contributed by atoms with Crippen molar-refractivity contribution < 1.29 is 9.59 Å². The monoisotopic (exact) mass is 528 g/mol. The molecule has 0 aromatic heterocycles. The maximum atomic E-state index is 12.6. The molecule has 0 saturated carbocycles. The lowest BCUT2D eigenvalue weighted by atomic mass is 10.2. The summed E-state index contributed by atoms with van der Waals surface area (Å²) in [4.78, 5) is 35.2. The van der Waals surface area contributed by atoms with Gasteiger partial charge in [-0.15, -0.1) is 24.0 Å². The van der Waals surface area contributed by atoms with E-state index in [-0.39, 0.29) is 48.9 Å². The Balaban J connectivity index is 0.00000320. The molecule has 1 aromatic rings. The van der Waals surface area contributed by atoms with Crippen LogP contribution in [0.1, 0.15) is 19.8 Å². The molecule has 0 atom stereocenters.